The maximum atomic E-state index is 13.0. The van der Waals surface area contributed by atoms with Crippen LogP contribution < -0.4 is 11.1 Å². The maximum Gasteiger partial charge on any atom is 0.353 e. The van der Waals surface area contributed by atoms with Crippen LogP contribution in [-0.4, -0.2) is 76.0 Å². The number of fused-ring (bicyclic) bond motifs is 1. The van der Waals surface area contributed by atoms with E-state index in [9.17, 15) is 24.7 Å². The standard InChI is InChI=1S/C20H21N7O5S4/c1-2-6-33-7-9-10(4-3-5-22-9)35-11-8-34-18-13(17(29)27(18)14(11)19(30)31)23-16(28)12(25-32)15-24-20(21)36-26-15/h3-5,13,18,32H,2,6-8H2,1H3,(H,23,28)(H,30,31)(H2,21,24,26)/b25-12-. The third-order valence-electron chi connectivity index (χ3n) is 5.06. The molecule has 36 heavy (non-hydrogen) atoms. The summed E-state index contributed by atoms with van der Waals surface area (Å²) in [4.78, 5) is 48.6. The molecular weight excluding hydrogens is 547 g/mol. The van der Waals surface area contributed by atoms with Gasteiger partial charge < -0.3 is 21.4 Å². The quantitative estimate of drug-likeness (QED) is 0.107. The number of amides is 2. The Labute approximate surface area is 222 Å². The Balaban J connectivity index is 1.51. The molecule has 12 nitrogen and oxygen atoms in total. The number of β-lactam (4-membered cyclic amide) rings is 1. The zero-order valence-corrected chi connectivity index (χ0v) is 22.0. The van der Waals surface area contributed by atoms with Gasteiger partial charge >= 0.3 is 5.97 Å². The number of thioether (sulfide) groups is 3. The summed E-state index contributed by atoms with van der Waals surface area (Å²) in [6.45, 7) is 2.10. The van der Waals surface area contributed by atoms with Gasteiger partial charge in [-0.25, -0.2) is 4.79 Å². The van der Waals surface area contributed by atoms with Crippen LogP contribution in [0.5, 0.6) is 0 Å². The highest BCUT2D eigenvalue weighted by atomic mass is 32.2. The monoisotopic (exact) mass is 567 g/mol. The molecule has 0 bridgehead atoms. The number of hydrogen-bond acceptors (Lipinski definition) is 13. The van der Waals surface area contributed by atoms with Gasteiger partial charge in [-0.15, -0.1) is 11.8 Å². The van der Waals surface area contributed by atoms with Crippen molar-refractivity contribution in [1.82, 2.24) is 24.6 Å². The zero-order valence-electron chi connectivity index (χ0n) is 18.8. The van der Waals surface area contributed by atoms with Crippen molar-refractivity contribution in [3.63, 3.8) is 0 Å². The van der Waals surface area contributed by atoms with Gasteiger partial charge in [-0.1, -0.05) is 23.8 Å². The number of nitrogens with one attached hydrogen (secondary N) is 1. The first-order chi connectivity index (χ1) is 17.3. The van der Waals surface area contributed by atoms with E-state index in [1.807, 2.05) is 6.07 Å². The molecule has 0 saturated carbocycles. The van der Waals surface area contributed by atoms with Gasteiger partial charge in [-0.2, -0.15) is 21.1 Å². The molecule has 16 heteroatoms. The Bertz CT molecular complexity index is 1250. The number of nitrogen functional groups attached to an aromatic ring is 1. The van der Waals surface area contributed by atoms with Crippen LogP contribution >= 0.6 is 46.8 Å². The van der Waals surface area contributed by atoms with Crippen molar-refractivity contribution in [3.8, 4) is 0 Å². The maximum absolute atomic E-state index is 13.0. The molecule has 4 heterocycles. The predicted molar refractivity (Wildman–Crippen MR) is 139 cm³/mol. The van der Waals surface area contributed by atoms with E-state index in [4.69, 9.17) is 5.73 Å². The average molecular weight is 568 g/mol. The minimum absolute atomic E-state index is 0.0784. The SMILES string of the molecule is CCCSCc1ncccc1SC1=C(C(=O)O)N2C(=O)C(NC(=O)/C(=N\O)c3nsc(N)n3)C2SC1. The van der Waals surface area contributed by atoms with Gasteiger partial charge in [0.15, 0.2) is 5.13 Å². The first kappa shape index (κ1) is 26.2. The number of carboxylic acids is 1. The molecule has 2 atom stereocenters. The molecule has 2 amide bonds. The van der Waals surface area contributed by atoms with Crippen LogP contribution in [0.4, 0.5) is 5.13 Å². The van der Waals surface area contributed by atoms with E-state index in [0.29, 0.717) is 16.4 Å². The number of pyridine rings is 1. The topological polar surface area (TPSA) is 184 Å². The van der Waals surface area contributed by atoms with Crippen LogP contribution in [0.25, 0.3) is 0 Å². The summed E-state index contributed by atoms with van der Waals surface area (Å²) in [5.41, 5.74) is 5.77. The average Bonchev–Trinajstić information content (AvgIpc) is 3.29. The number of aromatic nitrogens is 3. The highest BCUT2D eigenvalue weighted by Crippen LogP contribution is 2.45. The largest absolute Gasteiger partial charge is 0.477 e. The van der Waals surface area contributed by atoms with E-state index in [2.05, 4.69) is 31.7 Å². The van der Waals surface area contributed by atoms with Gasteiger partial charge in [0, 0.05) is 39.0 Å². The molecule has 0 aliphatic carbocycles. The molecule has 0 radical (unpaired) electrons. The summed E-state index contributed by atoms with van der Waals surface area (Å²) < 4.78 is 3.83. The summed E-state index contributed by atoms with van der Waals surface area (Å²) >= 11 is 5.20. The summed E-state index contributed by atoms with van der Waals surface area (Å²) in [6, 6.07) is 2.68. The minimum atomic E-state index is -1.23. The zero-order chi connectivity index (χ0) is 25.8. The van der Waals surface area contributed by atoms with Crippen molar-refractivity contribution in [2.24, 2.45) is 5.16 Å². The second-order valence-electron chi connectivity index (χ2n) is 7.45. The Kier molecular flexibility index (Phi) is 8.38. The van der Waals surface area contributed by atoms with Gasteiger partial charge in [0.25, 0.3) is 11.8 Å². The molecular formula is C20H21N7O5S4. The lowest BCUT2D eigenvalue weighted by molar-refractivity contribution is -0.150. The molecule has 2 aliphatic rings. The Morgan fingerprint density at radius 1 is 1.42 bits per heavy atom. The van der Waals surface area contributed by atoms with Crippen LogP contribution in [0.2, 0.25) is 0 Å². The lowest BCUT2D eigenvalue weighted by atomic mass is 10.0. The number of aliphatic carboxylic acids is 1. The number of carbonyl (C=O) groups excluding carboxylic acids is 2. The fourth-order valence-corrected chi connectivity index (χ4v) is 7.43. The Morgan fingerprint density at radius 3 is 2.89 bits per heavy atom. The van der Waals surface area contributed by atoms with Gasteiger partial charge in [0.05, 0.1) is 5.69 Å². The molecule has 0 aromatic carbocycles. The number of nitrogens with two attached hydrogens (primary N) is 1. The van der Waals surface area contributed by atoms with Crippen LogP contribution in [0, 0.1) is 0 Å². The summed E-state index contributed by atoms with van der Waals surface area (Å²) in [7, 11) is 0. The number of anilines is 1. The van der Waals surface area contributed by atoms with E-state index >= 15 is 0 Å². The van der Waals surface area contributed by atoms with Crippen molar-refractivity contribution in [1.29, 1.82) is 0 Å². The van der Waals surface area contributed by atoms with Crippen LogP contribution in [0.15, 0.2) is 39.0 Å². The van der Waals surface area contributed by atoms with Crippen molar-refractivity contribution in [2.75, 3.05) is 17.2 Å². The molecule has 2 aromatic rings. The third kappa shape index (κ3) is 5.30. The molecule has 5 N–H and O–H groups in total. The number of carboxylic acid groups (broad SMARTS) is 1. The van der Waals surface area contributed by atoms with E-state index in [1.54, 1.807) is 24.0 Å². The van der Waals surface area contributed by atoms with Crippen LogP contribution in [0.1, 0.15) is 24.9 Å². The highest BCUT2D eigenvalue weighted by molar-refractivity contribution is 8.06. The molecule has 1 fully saturated rings. The lowest BCUT2D eigenvalue weighted by Crippen LogP contribution is -2.71. The Morgan fingerprint density at radius 2 is 2.22 bits per heavy atom. The number of hydrogen-bond donors (Lipinski definition) is 4. The van der Waals surface area contributed by atoms with Crippen molar-refractivity contribution < 1.29 is 24.7 Å². The Hall–Kier alpha value is -2.82. The molecule has 2 unspecified atom stereocenters. The highest BCUT2D eigenvalue weighted by Gasteiger charge is 2.54. The molecule has 2 aromatic heterocycles. The van der Waals surface area contributed by atoms with E-state index in [0.717, 1.165) is 34.3 Å². The minimum Gasteiger partial charge on any atom is -0.477 e. The third-order valence-corrected chi connectivity index (χ3v) is 9.42. The lowest BCUT2D eigenvalue weighted by Gasteiger charge is -2.49. The normalized spacial score (nSPS) is 19.6. The van der Waals surface area contributed by atoms with Crippen molar-refractivity contribution >= 4 is 75.4 Å². The summed E-state index contributed by atoms with van der Waals surface area (Å²) in [6.07, 6.45) is 2.75. The number of oxime groups is 1. The van der Waals surface area contributed by atoms with Gasteiger partial charge in [-0.3, -0.25) is 19.5 Å². The molecule has 0 spiro atoms. The number of carbonyl (C=O) groups is 3. The predicted octanol–water partition coefficient (Wildman–Crippen LogP) is 1.83. The van der Waals surface area contributed by atoms with E-state index in [1.165, 1.54) is 28.4 Å². The molecule has 1 saturated heterocycles. The van der Waals surface area contributed by atoms with Crippen molar-refractivity contribution in [2.45, 2.75) is 35.4 Å². The van der Waals surface area contributed by atoms with Gasteiger partial charge in [-0.05, 0) is 24.3 Å². The van der Waals surface area contributed by atoms with Crippen molar-refractivity contribution in [3.05, 3.63) is 40.5 Å². The fraction of sp³-hybridized carbons (Fsp3) is 0.350. The van der Waals surface area contributed by atoms with E-state index in [-0.39, 0.29) is 16.7 Å². The van der Waals surface area contributed by atoms with Crippen LogP contribution in [-0.2, 0) is 20.1 Å². The van der Waals surface area contributed by atoms with Gasteiger partial charge in [0.1, 0.15) is 17.1 Å². The second-order valence-corrected chi connectivity index (χ2v) is 11.6. The molecule has 4 rings (SSSR count). The number of rotatable bonds is 10. The smallest absolute Gasteiger partial charge is 0.353 e. The first-order valence-electron chi connectivity index (χ1n) is 10.6. The van der Waals surface area contributed by atoms with Gasteiger partial charge in [0.2, 0.25) is 11.5 Å². The van der Waals surface area contributed by atoms with E-state index < -0.39 is 34.9 Å². The molecule has 190 valence electrons. The first-order valence-corrected chi connectivity index (χ1v) is 14.4. The summed E-state index contributed by atoms with van der Waals surface area (Å²) in [5, 5.41) is 24.1. The number of nitrogens with zero attached hydrogens (tertiary/aromatic N) is 5. The fourth-order valence-electron chi connectivity index (χ4n) is 3.47. The van der Waals surface area contributed by atoms with Crippen LogP contribution in [0.3, 0.4) is 0 Å². The molecule has 2 aliphatic heterocycles. The summed E-state index contributed by atoms with van der Waals surface area (Å²) in [5.74, 6) is -0.838. The second kappa shape index (κ2) is 11.5.